The second-order valence-electron chi connectivity index (χ2n) is 3.09. The van der Waals surface area contributed by atoms with Crippen LogP contribution in [-0.4, -0.2) is 16.7 Å². The largest absolute Gasteiger partial charge is 0.475 e. The van der Waals surface area contributed by atoms with E-state index in [0.717, 1.165) is 16.9 Å². The molecule has 0 spiro atoms. The van der Waals surface area contributed by atoms with Crippen molar-refractivity contribution in [1.82, 2.24) is 10.1 Å². The van der Waals surface area contributed by atoms with Crippen molar-refractivity contribution in [2.24, 2.45) is 0 Å². The lowest BCUT2D eigenvalue weighted by atomic mass is 10.1. The van der Waals surface area contributed by atoms with Gasteiger partial charge in [0.2, 0.25) is 0 Å². The maximum Gasteiger partial charge on any atom is 0.262 e. The molecule has 0 radical (unpaired) electrons. The Balaban J connectivity index is 2.47. The van der Waals surface area contributed by atoms with E-state index in [9.17, 15) is 0 Å². The molecule has 0 fully saturated rings. The molecule has 2 heterocycles. The first-order valence-electron chi connectivity index (χ1n) is 4.82. The number of ether oxygens (including phenoxy) is 1. The molecule has 0 aliphatic carbocycles. The summed E-state index contributed by atoms with van der Waals surface area (Å²) in [6.45, 7) is 4.34. The van der Waals surface area contributed by atoms with E-state index >= 15 is 0 Å². The van der Waals surface area contributed by atoms with Crippen LogP contribution in [0.15, 0.2) is 29.0 Å². The number of hydrogen-bond acceptors (Lipinski definition) is 4. The lowest BCUT2D eigenvalue weighted by Crippen LogP contribution is -1.93. The van der Waals surface area contributed by atoms with E-state index in [1.165, 1.54) is 0 Å². The first-order chi connectivity index (χ1) is 7.33. The van der Waals surface area contributed by atoms with Gasteiger partial charge in [0.15, 0.2) is 0 Å². The quantitative estimate of drug-likeness (QED) is 0.770. The van der Waals surface area contributed by atoms with Gasteiger partial charge in [-0.1, -0.05) is 6.07 Å². The second-order valence-corrected chi connectivity index (χ2v) is 3.09. The van der Waals surface area contributed by atoms with Crippen LogP contribution in [0.4, 0.5) is 0 Å². The number of hydrogen-bond donors (Lipinski definition) is 0. The third kappa shape index (κ3) is 1.83. The normalized spacial score (nSPS) is 10.3. The molecule has 4 heteroatoms. The zero-order chi connectivity index (χ0) is 10.7. The van der Waals surface area contributed by atoms with Gasteiger partial charge in [0.1, 0.15) is 5.76 Å². The van der Waals surface area contributed by atoms with Crippen LogP contribution in [0.1, 0.15) is 12.7 Å². The molecule has 0 aliphatic heterocycles. The summed E-state index contributed by atoms with van der Waals surface area (Å²) in [5.74, 6) is 1.27. The Morgan fingerprint density at radius 3 is 3.00 bits per heavy atom. The van der Waals surface area contributed by atoms with E-state index in [2.05, 4.69) is 10.1 Å². The van der Waals surface area contributed by atoms with Gasteiger partial charge in [0.25, 0.3) is 5.88 Å². The van der Waals surface area contributed by atoms with Crippen molar-refractivity contribution in [3.8, 4) is 17.0 Å². The van der Waals surface area contributed by atoms with Crippen LogP contribution in [0.2, 0.25) is 0 Å². The number of aromatic nitrogens is 2. The Labute approximate surface area is 87.9 Å². The van der Waals surface area contributed by atoms with E-state index in [0.29, 0.717) is 12.5 Å². The summed E-state index contributed by atoms with van der Waals surface area (Å²) >= 11 is 0. The van der Waals surface area contributed by atoms with Gasteiger partial charge in [-0.3, -0.25) is 4.98 Å². The zero-order valence-corrected chi connectivity index (χ0v) is 8.73. The highest BCUT2D eigenvalue weighted by molar-refractivity contribution is 5.69. The van der Waals surface area contributed by atoms with Crippen molar-refractivity contribution in [3.63, 3.8) is 0 Å². The third-order valence-corrected chi connectivity index (χ3v) is 2.06. The summed E-state index contributed by atoms with van der Waals surface area (Å²) in [5.41, 5.74) is 1.84. The molecule has 0 bridgehead atoms. The average Bonchev–Trinajstić information content (AvgIpc) is 2.62. The smallest absolute Gasteiger partial charge is 0.262 e. The minimum absolute atomic E-state index is 0.531. The summed E-state index contributed by atoms with van der Waals surface area (Å²) in [6.07, 6.45) is 3.49. The fourth-order valence-corrected chi connectivity index (χ4v) is 1.42. The van der Waals surface area contributed by atoms with Crippen LogP contribution < -0.4 is 4.74 Å². The lowest BCUT2D eigenvalue weighted by Gasteiger charge is -2.01. The summed E-state index contributed by atoms with van der Waals surface area (Å²) < 4.78 is 10.5. The van der Waals surface area contributed by atoms with E-state index in [1.807, 2.05) is 26.0 Å². The van der Waals surface area contributed by atoms with Crippen molar-refractivity contribution in [2.75, 3.05) is 6.61 Å². The average molecular weight is 204 g/mol. The maximum absolute atomic E-state index is 5.38. The zero-order valence-electron chi connectivity index (χ0n) is 8.73. The third-order valence-electron chi connectivity index (χ3n) is 2.06. The summed E-state index contributed by atoms with van der Waals surface area (Å²) in [7, 11) is 0. The van der Waals surface area contributed by atoms with Gasteiger partial charge in [-0.15, -0.1) is 0 Å². The summed E-state index contributed by atoms with van der Waals surface area (Å²) in [5, 5.41) is 3.86. The van der Waals surface area contributed by atoms with E-state index in [-0.39, 0.29) is 0 Å². The fraction of sp³-hybridized carbons (Fsp3) is 0.273. The molecule has 0 saturated carbocycles. The van der Waals surface area contributed by atoms with E-state index < -0.39 is 0 Å². The molecule has 2 aromatic rings. The van der Waals surface area contributed by atoms with E-state index in [4.69, 9.17) is 9.26 Å². The molecule has 2 rings (SSSR count). The van der Waals surface area contributed by atoms with Crippen LogP contribution in [0.25, 0.3) is 11.1 Å². The summed E-state index contributed by atoms with van der Waals surface area (Å²) in [6, 6.07) is 3.83. The molecule has 15 heavy (non-hydrogen) atoms. The molecule has 0 unspecified atom stereocenters. The maximum atomic E-state index is 5.38. The Kier molecular flexibility index (Phi) is 2.67. The Morgan fingerprint density at radius 2 is 2.33 bits per heavy atom. The standard InChI is InChI=1S/C11H12N2O2/c1-3-14-11-10(8(2)15-13-11)9-5-4-6-12-7-9/h4-7H,3H2,1-2H3. The molecular weight excluding hydrogens is 192 g/mol. The molecule has 0 saturated heterocycles. The Morgan fingerprint density at radius 1 is 1.47 bits per heavy atom. The van der Waals surface area contributed by atoms with Crippen molar-refractivity contribution in [2.45, 2.75) is 13.8 Å². The second kappa shape index (κ2) is 4.13. The minimum atomic E-state index is 0.531. The monoisotopic (exact) mass is 204 g/mol. The van der Waals surface area contributed by atoms with Gasteiger partial charge in [-0.2, -0.15) is 0 Å². The van der Waals surface area contributed by atoms with Gasteiger partial charge in [0.05, 0.1) is 12.2 Å². The van der Waals surface area contributed by atoms with Crippen LogP contribution in [0.5, 0.6) is 5.88 Å². The number of pyridine rings is 1. The van der Waals surface area contributed by atoms with Crippen LogP contribution in [-0.2, 0) is 0 Å². The SMILES string of the molecule is CCOc1noc(C)c1-c1cccnc1. The topological polar surface area (TPSA) is 48.2 Å². The lowest BCUT2D eigenvalue weighted by molar-refractivity contribution is 0.292. The van der Waals surface area contributed by atoms with Crippen molar-refractivity contribution in [1.29, 1.82) is 0 Å². The van der Waals surface area contributed by atoms with E-state index in [1.54, 1.807) is 12.4 Å². The molecule has 0 amide bonds. The van der Waals surface area contributed by atoms with Crippen molar-refractivity contribution < 1.29 is 9.26 Å². The van der Waals surface area contributed by atoms with Gasteiger partial charge in [-0.05, 0) is 25.1 Å². The molecule has 0 N–H and O–H groups in total. The molecular formula is C11H12N2O2. The molecule has 0 aliphatic rings. The van der Waals surface area contributed by atoms with Gasteiger partial charge < -0.3 is 9.26 Å². The number of rotatable bonds is 3. The summed E-state index contributed by atoms with van der Waals surface area (Å²) in [4.78, 5) is 4.06. The van der Waals surface area contributed by atoms with Gasteiger partial charge in [0, 0.05) is 18.0 Å². The highest BCUT2D eigenvalue weighted by Crippen LogP contribution is 2.31. The predicted molar refractivity (Wildman–Crippen MR) is 55.6 cm³/mol. The van der Waals surface area contributed by atoms with Gasteiger partial charge in [-0.25, -0.2) is 0 Å². The molecule has 4 nitrogen and oxygen atoms in total. The van der Waals surface area contributed by atoms with Crippen LogP contribution >= 0.6 is 0 Å². The van der Waals surface area contributed by atoms with Crippen molar-refractivity contribution in [3.05, 3.63) is 30.3 Å². The first kappa shape index (κ1) is 9.71. The molecule has 2 aromatic heterocycles. The number of nitrogens with zero attached hydrogens (tertiary/aromatic N) is 2. The Hall–Kier alpha value is -1.84. The predicted octanol–water partition coefficient (Wildman–Crippen LogP) is 2.44. The van der Waals surface area contributed by atoms with Crippen LogP contribution in [0, 0.1) is 6.92 Å². The van der Waals surface area contributed by atoms with Gasteiger partial charge >= 0.3 is 0 Å². The molecule has 0 aromatic carbocycles. The van der Waals surface area contributed by atoms with Crippen molar-refractivity contribution >= 4 is 0 Å². The molecule has 0 atom stereocenters. The number of aryl methyl sites for hydroxylation is 1. The minimum Gasteiger partial charge on any atom is -0.475 e. The highest BCUT2D eigenvalue weighted by atomic mass is 16.5. The first-order valence-corrected chi connectivity index (χ1v) is 4.82. The molecule has 78 valence electrons. The fourth-order valence-electron chi connectivity index (χ4n) is 1.42. The Bertz CT molecular complexity index is 437. The highest BCUT2D eigenvalue weighted by Gasteiger charge is 2.15. The van der Waals surface area contributed by atoms with Crippen LogP contribution in [0.3, 0.4) is 0 Å².